The molecule has 1 aliphatic carbocycles. The standard InChI is InChI=1S/C37H37NO5/c1-23-29(15-16-33(39)38-19-18-37(41)17-7-6-10-28(37)21-38)36(40)43-35-24(2)34-31(20-30(23)35)32(22-42-34)27-13-11-26(12-14-27)25-8-4-3-5-9-25/h3-5,8-9,11-14,20,22,28,41H,6-7,10,15-19,21H2,1-2H3/t28-,37+/m0/s1. The average Bonchev–Trinajstić information content (AvgIpc) is 3.46. The van der Waals surface area contributed by atoms with Crippen molar-refractivity contribution in [2.24, 2.45) is 5.92 Å². The summed E-state index contributed by atoms with van der Waals surface area (Å²) in [7, 11) is 0. The maximum absolute atomic E-state index is 13.2. The molecule has 2 aliphatic rings. The van der Waals surface area contributed by atoms with Crippen molar-refractivity contribution in [3.63, 3.8) is 0 Å². The van der Waals surface area contributed by atoms with Gasteiger partial charge in [0.2, 0.25) is 5.91 Å². The van der Waals surface area contributed by atoms with Crippen LogP contribution < -0.4 is 5.63 Å². The highest BCUT2D eigenvalue weighted by atomic mass is 16.4. The molecule has 43 heavy (non-hydrogen) atoms. The molecule has 1 aliphatic heterocycles. The molecule has 1 saturated carbocycles. The number of carbonyl (C=O) groups is 1. The maximum Gasteiger partial charge on any atom is 0.339 e. The van der Waals surface area contributed by atoms with Gasteiger partial charge in [0.25, 0.3) is 0 Å². The van der Waals surface area contributed by atoms with Gasteiger partial charge in [0.05, 0.1) is 11.9 Å². The van der Waals surface area contributed by atoms with Crippen LogP contribution in [0.2, 0.25) is 0 Å². The Kier molecular flexibility index (Phi) is 6.97. The van der Waals surface area contributed by atoms with Gasteiger partial charge in [-0.2, -0.15) is 0 Å². The fourth-order valence-corrected chi connectivity index (χ4v) is 7.37. The summed E-state index contributed by atoms with van der Waals surface area (Å²) in [6, 6.07) is 20.8. The Labute approximate surface area is 250 Å². The van der Waals surface area contributed by atoms with E-state index < -0.39 is 11.2 Å². The normalized spacial score (nSPS) is 20.4. The Morgan fingerprint density at radius 3 is 2.47 bits per heavy atom. The number of furan rings is 1. The van der Waals surface area contributed by atoms with Crippen molar-refractivity contribution in [2.75, 3.05) is 13.1 Å². The number of fused-ring (bicyclic) bond motifs is 3. The minimum atomic E-state index is -0.621. The predicted molar refractivity (Wildman–Crippen MR) is 169 cm³/mol. The van der Waals surface area contributed by atoms with E-state index in [0.29, 0.717) is 42.7 Å². The Morgan fingerprint density at radius 1 is 0.930 bits per heavy atom. The zero-order chi connectivity index (χ0) is 29.7. The lowest BCUT2D eigenvalue weighted by Crippen LogP contribution is -2.54. The van der Waals surface area contributed by atoms with Crippen LogP contribution in [0, 0.1) is 19.8 Å². The number of piperidine rings is 1. The lowest BCUT2D eigenvalue weighted by Gasteiger charge is -2.47. The van der Waals surface area contributed by atoms with Crippen molar-refractivity contribution in [3.8, 4) is 22.3 Å². The highest BCUT2D eigenvalue weighted by Crippen LogP contribution is 2.40. The molecule has 1 saturated heterocycles. The maximum atomic E-state index is 13.2. The minimum absolute atomic E-state index is 0.0363. The van der Waals surface area contributed by atoms with Crippen molar-refractivity contribution in [3.05, 3.63) is 94.0 Å². The van der Waals surface area contributed by atoms with Crippen molar-refractivity contribution in [1.29, 1.82) is 0 Å². The van der Waals surface area contributed by atoms with E-state index in [-0.39, 0.29) is 18.2 Å². The summed E-state index contributed by atoms with van der Waals surface area (Å²) in [6.45, 7) is 5.05. The number of amides is 1. The average molecular weight is 576 g/mol. The third-order valence-corrected chi connectivity index (χ3v) is 10.0. The molecule has 0 radical (unpaired) electrons. The quantitative estimate of drug-likeness (QED) is 0.219. The van der Waals surface area contributed by atoms with Crippen molar-refractivity contribution >= 4 is 27.8 Å². The number of aryl methyl sites for hydroxylation is 2. The van der Waals surface area contributed by atoms with Crippen molar-refractivity contribution in [1.82, 2.24) is 4.90 Å². The molecule has 1 N–H and O–H groups in total. The van der Waals surface area contributed by atoms with Crippen LogP contribution in [0.25, 0.3) is 44.2 Å². The van der Waals surface area contributed by atoms with Gasteiger partial charge in [-0.3, -0.25) is 4.79 Å². The van der Waals surface area contributed by atoms with Gasteiger partial charge in [0.1, 0.15) is 11.2 Å². The first kappa shape index (κ1) is 27.7. The number of hydrogen-bond donors (Lipinski definition) is 1. The SMILES string of the molecule is Cc1c(CCC(=O)N2CC[C@]3(O)CCCC[C@H]3C2)c(=O)oc2c(C)c3occ(-c4ccc(-c5ccccc5)cc4)c3cc12. The first-order chi connectivity index (χ1) is 20.8. The van der Waals surface area contributed by atoms with E-state index in [9.17, 15) is 14.7 Å². The van der Waals surface area contributed by atoms with Gasteiger partial charge in [-0.25, -0.2) is 4.79 Å². The Balaban J connectivity index is 1.17. The minimum Gasteiger partial charge on any atom is -0.463 e. The predicted octanol–water partition coefficient (Wildman–Crippen LogP) is 7.58. The number of hydrogen-bond acceptors (Lipinski definition) is 5. The molecule has 2 atom stereocenters. The third kappa shape index (κ3) is 4.88. The highest BCUT2D eigenvalue weighted by molar-refractivity contribution is 6.05. The number of likely N-dealkylation sites (tertiary alicyclic amines) is 1. The zero-order valence-corrected chi connectivity index (χ0v) is 24.8. The molecule has 3 aromatic carbocycles. The van der Waals surface area contributed by atoms with Crippen molar-refractivity contribution in [2.45, 2.75) is 64.4 Å². The smallest absolute Gasteiger partial charge is 0.339 e. The Morgan fingerprint density at radius 2 is 1.67 bits per heavy atom. The largest absolute Gasteiger partial charge is 0.463 e. The number of aliphatic hydroxyl groups is 1. The van der Waals surface area contributed by atoms with Gasteiger partial charge >= 0.3 is 5.63 Å². The number of carbonyl (C=O) groups excluding carboxylic acids is 1. The fraction of sp³-hybridized carbons (Fsp3) is 0.351. The molecule has 3 heterocycles. The molecule has 0 bridgehead atoms. The van der Waals surface area contributed by atoms with Crippen LogP contribution >= 0.6 is 0 Å². The third-order valence-electron chi connectivity index (χ3n) is 10.0. The monoisotopic (exact) mass is 575 g/mol. The summed E-state index contributed by atoms with van der Waals surface area (Å²) in [5, 5.41) is 12.8. The van der Waals surface area contributed by atoms with E-state index >= 15 is 0 Å². The van der Waals surface area contributed by atoms with Gasteiger partial charge in [0, 0.05) is 52.9 Å². The molecule has 2 aromatic heterocycles. The van der Waals surface area contributed by atoms with Crippen LogP contribution in [-0.2, 0) is 11.2 Å². The van der Waals surface area contributed by atoms with E-state index in [0.717, 1.165) is 64.3 Å². The molecule has 0 unspecified atom stereocenters. The van der Waals surface area contributed by atoms with E-state index in [1.165, 1.54) is 5.56 Å². The van der Waals surface area contributed by atoms with Crippen molar-refractivity contribution < 1.29 is 18.7 Å². The first-order valence-corrected chi connectivity index (χ1v) is 15.5. The van der Waals surface area contributed by atoms with Crippen LogP contribution in [0.1, 0.15) is 55.2 Å². The van der Waals surface area contributed by atoms with Gasteiger partial charge in [-0.05, 0) is 67.9 Å². The van der Waals surface area contributed by atoms with Crippen LogP contribution in [0.4, 0.5) is 0 Å². The van der Waals surface area contributed by atoms with Crippen LogP contribution in [-0.4, -0.2) is 34.6 Å². The first-order valence-electron chi connectivity index (χ1n) is 15.5. The second-order valence-electron chi connectivity index (χ2n) is 12.5. The number of benzene rings is 3. The second kappa shape index (κ2) is 10.8. The molecule has 2 fully saturated rings. The summed E-state index contributed by atoms with van der Waals surface area (Å²) in [4.78, 5) is 28.3. The van der Waals surface area contributed by atoms with Gasteiger partial charge < -0.3 is 18.8 Å². The number of nitrogens with zero attached hydrogens (tertiary/aromatic N) is 1. The molecular weight excluding hydrogens is 538 g/mol. The molecule has 6 heteroatoms. The Hall–Kier alpha value is -4.16. The van der Waals surface area contributed by atoms with E-state index in [1.54, 1.807) is 6.26 Å². The van der Waals surface area contributed by atoms with Crippen LogP contribution in [0.5, 0.6) is 0 Å². The topological polar surface area (TPSA) is 83.9 Å². The van der Waals surface area contributed by atoms with E-state index in [1.807, 2.05) is 36.9 Å². The summed E-state index contributed by atoms with van der Waals surface area (Å²) < 4.78 is 11.9. The van der Waals surface area contributed by atoms with Crippen LogP contribution in [0.15, 0.2) is 80.6 Å². The molecule has 220 valence electrons. The van der Waals surface area contributed by atoms with Gasteiger partial charge in [0.15, 0.2) is 0 Å². The zero-order valence-electron chi connectivity index (χ0n) is 24.8. The Bertz CT molecular complexity index is 1880. The molecule has 0 spiro atoms. The summed E-state index contributed by atoms with van der Waals surface area (Å²) in [5.74, 6) is 0.185. The molecule has 6 nitrogen and oxygen atoms in total. The van der Waals surface area contributed by atoms with E-state index in [2.05, 4.69) is 42.5 Å². The fourth-order valence-electron chi connectivity index (χ4n) is 7.37. The second-order valence-corrected chi connectivity index (χ2v) is 12.5. The van der Waals surface area contributed by atoms with Gasteiger partial charge in [-0.1, -0.05) is 67.4 Å². The van der Waals surface area contributed by atoms with Gasteiger partial charge in [-0.15, -0.1) is 0 Å². The summed E-state index contributed by atoms with van der Waals surface area (Å²) in [5.41, 5.74) is 6.72. The van der Waals surface area contributed by atoms with E-state index in [4.69, 9.17) is 8.83 Å². The highest BCUT2D eigenvalue weighted by Gasteiger charge is 2.43. The lowest BCUT2D eigenvalue weighted by molar-refractivity contribution is -0.143. The number of rotatable bonds is 5. The lowest BCUT2D eigenvalue weighted by atomic mass is 9.71. The molecule has 1 amide bonds. The summed E-state index contributed by atoms with van der Waals surface area (Å²) in [6.07, 6.45) is 6.94. The molecule has 7 rings (SSSR count). The molecule has 5 aromatic rings. The molecular formula is C37H37NO5. The van der Waals surface area contributed by atoms with Crippen LogP contribution in [0.3, 0.4) is 0 Å². The summed E-state index contributed by atoms with van der Waals surface area (Å²) >= 11 is 0.